The van der Waals surface area contributed by atoms with E-state index in [1.807, 2.05) is 31.2 Å². The smallest absolute Gasteiger partial charge is 0.354 e. The van der Waals surface area contributed by atoms with Crippen molar-refractivity contribution in [3.05, 3.63) is 65.2 Å². The van der Waals surface area contributed by atoms with Gasteiger partial charge in [0.15, 0.2) is 0 Å². The van der Waals surface area contributed by atoms with E-state index >= 15 is 0 Å². The van der Waals surface area contributed by atoms with Crippen molar-refractivity contribution in [3.63, 3.8) is 0 Å². The lowest BCUT2D eigenvalue weighted by atomic mass is 10.1. The zero-order valence-corrected chi connectivity index (χ0v) is 15.1. The van der Waals surface area contributed by atoms with Gasteiger partial charge in [0.25, 0.3) is 0 Å². The SMILES string of the molecule is CC(=O)N(CCNC(=O)Cc1ccccc1C)c1ccc(C(F)(F)F)cc1. The van der Waals surface area contributed by atoms with E-state index in [4.69, 9.17) is 0 Å². The zero-order chi connectivity index (χ0) is 20.0. The molecular weight excluding hydrogens is 357 g/mol. The van der Waals surface area contributed by atoms with Crippen LogP contribution >= 0.6 is 0 Å². The molecule has 0 atom stereocenters. The first-order chi connectivity index (χ1) is 12.7. The summed E-state index contributed by atoms with van der Waals surface area (Å²) in [5.41, 5.74) is 1.51. The van der Waals surface area contributed by atoms with E-state index < -0.39 is 11.7 Å². The number of anilines is 1. The van der Waals surface area contributed by atoms with Crippen molar-refractivity contribution < 1.29 is 22.8 Å². The molecule has 2 aromatic carbocycles. The number of rotatable bonds is 6. The highest BCUT2D eigenvalue weighted by Gasteiger charge is 2.30. The van der Waals surface area contributed by atoms with Crippen molar-refractivity contribution >= 4 is 17.5 Å². The van der Waals surface area contributed by atoms with Gasteiger partial charge >= 0.3 is 6.18 Å². The van der Waals surface area contributed by atoms with Crippen LogP contribution in [0.4, 0.5) is 18.9 Å². The molecule has 0 heterocycles. The molecule has 0 aliphatic heterocycles. The maximum absolute atomic E-state index is 12.7. The van der Waals surface area contributed by atoms with Gasteiger partial charge in [-0.05, 0) is 42.3 Å². The molecule has 0 aliphatic rings. The summed E-state index contributed by atoms with van der Waals surface area (Å²) >= 11 is 0. The summed E-state index contributed by atoms with van der Waals surface area (Å²) in [6, 6.07) is 11.9. The predicted octanol–water partition coefficient (Wildman–Crippen LogP) is 3.73. The number of benzene rings is 2. The van der Waals surface area contributed by atoms with Gasteiger partial charge in [-0.1, -0.05) is 24.3 Å². The lowest BCUT2D eigenvalue weighted by Gasteiger charge is -2.22. The van der Waals surface area contributed by atoms with Crippen molar-refractivity contribution in [2.75, 3.05) is 18.0 Å². The van der Waals surface area contributed by atoms with Gasteiger partial charge in [0.1, 0.15) is 0 Å². The number of amides is 2. The molecule has 0 fully saturated rings. The molecular formula is C20H21F3N2O2. The third kappa shape index (κ3) is 5.84. The number of alkyl halides is 3. The Labute approximate surface area is 156 Å². The Kier molecular flexibility index (Phi) is 6.60. The fourth-order valence-corrected chi connectivity index (χ4v) is 2.65. The highest BCUT2D eigenvalue weighted by Crippen LogP contribution is 2.30. The second-order valence-electron chi connectivity index (χ2n) is 6.17. The third-order valence-corrected chi connectivity index (χ3v) is 4.16. The van der Waals surface area contributed by atoms with E-state index in [-0.39, 0.29) is 31.3 Å². The normalized spacial score (nSPS) is 11.1. The zero-order valence-electron chi connectivity index (χ0n) is 15.1. The number of carbonyl (C=O) groups excluding carboxylic acids is 2. The second kappa shape index (κ2) is 8.70. The molecule has 0 bridgehead atoms. The average Bonchev–Trinajstić information content (AvgIpc) is 2.60. The lowest BCUT2D eigenvalue weighted by Crippen LogP contribution is -2.38. The number of nitrogens with one attached hydrogen (secondary N) is 1. The Balaban J connectivity index is 1.94. The Morgan fingerprint density at radius 1 is 1.04 bits per heavy atom. The summed E-state index contributed by atoms with van der Waals surface area (Å²) in [7, 11) is 0. The number of aryl methyl sites for hydroxylation is 1. The van der Waals surface area contributed by atoms with Gasteiger partial charge in [-0.25, -0.2) is 0 Å². The molecule has 0 spiro atoms. The minimum absolute atomic E-state index is 0.167. The summed E-state index contributed by atoms with van der Waals surface area (Å²) < 4.78 is 38.0. The van der Waals surface area contributed by atoms with Gasteiger partial charge in [-0.2, -0.15) is 13.2 Å². The monoisotopic (exact) mass is 378 g/mol. The van der Waals surface area contributed by atoms with Gasteiger partial charge in [0, 0.05) is 25.7 Å². The summed E-state index contributed by atoms with van der Waals surface area (Å²) in [5, 5.41) is 2.74. The average molecular weight is 378 g/mol. The van der Waals surface area contributed by atoms with Crippen LogP contribution < -0.4 is 10.2 Å². The molecule has 144 valence electrons. The molecule has 0 radical (unpaired) electrons. The first-order valence-corrected chi connectivity index (χ1v) is 8.45. The van der Waals surface area contributed by atoms with Crippen molar-refractivity contribution in [2.24, 2.45) is 0 Å². The molecule has 0 unspecified atom stereocenters. The Morgan fingerprint density at radius 3 is 2.22 bits per heavy atom. The fourth-order valence-electron chi connectivity index (χ4n) is 2.65. The standard InChI is InChI=1S/C20H21F3N2O2/c1-14-5-3-4-6-16(14)13-19(27)24-11-12-25(15(2)26)18-9-7-17(8-10-18)20(21,22)23/h3-10H,11-13H2,1-2H3,(H,24,27). The van der Waals surface area contributed by atoms with Crippen molar-refractivity contribution in [2.45, 2.75) is 26.4 Å². The van der Waals surface area contributed by atoms with E-state index in [1.165, 1.54) is 24.0 Å². The Morgan fingerprint density at radius 2 is 1.67 bits per heavy atom. The van der Waals surface area contributed by atoms with Crippen LogP contribution in [0.2, 0.25) is 0 Å². The molecule has 4 nitrogen and oxygen atoms in total. The third-order valence-electron chi connectivity index (χ3n) is 4.16. The minimum Gasteiger partial charge on any atom is -0.354 e. The van der Waals surface area contributed by atoms with E-state index in [0.29, 0.717) is 5.69 Å². The molecule has 27 heavy (non-hydrogen) atoms. The molecule has 0 saturated carbocycles. The first-order valence-electron chi connectivity index (χ1n) is 8.45. The summed E-state index contributed by atoms with van der Waals surface area (Å²) in [4.78, 5) is 25.2. The number of nitrogens with zero attached hydrogens (tertiary/aromatic N) is 1. The summed E-state index contributed by atoms with van der Waals surface area (Å²) in [6.45, 7) is 3.61. The quantitative estimate of drug-likeness (QED) is 0.833. The van der Waals surface area contributed by atoms with Gasteiger partial charge in [-0.3, -0.25) is 9.59 Å². The largest absolute Gasteiger partial charge is 0.416 e. The predicted molar refractivity (Wildman–Crippen MR) is 97.4 cm³/mol. The van der Waals surface area contributed by atoms with E-state index in [0.717, 1.165) is 23.3 Å². The van der Waals surface area contributed by atoms with Crippen molar-refractivity contribution in [3.8, 4) is 0 Å². The van der Waals surface area contributed by atoms with Crippen LogP contribution in [0.3, 0.4) is 0 Å². The van der Waals surface area contributed by atoms with Crippen LogP contribution in [-0.2, 0) is 22.2 Å². The highest BCUT2D eigenvalue weighted by atomic mass is 19.4. The lowest BCUT2D eigenvalue weighted by molar-refractivity contribution is -0.137. The van der Waals surface area contributed by atoms with Crippen LogP contribution in [-0.4, -0.2) is 24.9 Å². The molecule has 2 amide bonds. The van der Waals surface area contributed by atoms with Gasteiger partial charge < -0.3 is 10.2 Å². The molecule has 7 heteroatoms. The van der Waals surface area contributed by atoms with Crippen molar-refractivity contribution in [1.29, 1.82) is 0 Å². The van der Waals surface area contributed by atoms with Crippen LogP contribution in [0.25, 0.3) is 0 Å². The van der Waals surface area contributed by atoms with Crippen LogP contribution in [0.15, 0.2) is 48.5 Å². The van der Waals surface area contributed by atoms with Crippen LogP contribution in [0.1, 0.15) is 23.6 Å². The Hall–Kier alpha value is -2.83. The van der Waals surface area contributed by atoms with Crippen LogP contribution in [0, 0.1) is 6.92 Å². The fraction of sp³-hybridized carbons (Fsp3) is 0.300. The van der Waals surface area contributed by atoms with Crippen molar-refractivity contribution in [1.82, 2.24) is 5.32 Å². The number of halogens is 3. The highest BCUT2D eigenvalue weighted by molar-refractivity contribution is 5.91. The Bertz CT molecular complexity index is 802. The number of hydrogen-bond acceptors (Lipinski definition) is 2. The molecule has 0 aromatic heterocycles. The first kappa shape index (κ1) is 20.5. The summed E-state index contributed by atoms with van der Waals surface area (Å²) in [6.07, 6.45) is -4.20. The maximum atomic E-state index is 12.7. The summed E-state index contributed by atoms with van der Waals surface area (Å²) in [5.74, 6) is -0.497. The molecule has 2 aromatic rings. The van der Waals surface area contributed by atoms with Gasteiger partial charge in [-0.15, -0.1) is 0 Å². The maximum Gasteiger partial charge on any atom is 0.416 e. The molecule has 2 rings (SSSR count). The van der Waals surface area contributed by atoms with E-state index in [1.54, 1.807) is 0 Å². The van der Waals surface area contributed by atoms with Gasteiger partial charge in [0.2, 0.25) is 11.8 Å². The molecule has 0 saturated heterocycles. The van der Waals surface area contributed by atoms with Crippen LogP contribution in [0.5, 0.6) is 0 Å². The molecule has 1 N–H and O–H groups in total. The van der Waals surface area contributed by atoms with Gasteiger partial charge in [0.05, 0.1) is 12.0 Å². The topological polar surface area (TPSA) is 49.4 Å². The number of carbonyl (C=O) groups is 2. The van der Waals surface area contributed by atoms with E-state index in [9.17, 15) is 22.8 Å². The molecule has 0 aliphatic carbocycles. The second-order valence-corrected chi connectivity index (χ2v) is 6.17. The number of hydrogen-bond donors (Lipinski definition) is 1. The minimum atomic E-state index is -4.43. The van der Waals surface area contributed by atoms with E-state index in [2.05, 4.69) is 5.32 Å².